The van der Waals surface area contributed by atoms with Gasteiger partial charge < -0.3 is 14.6 Å². The fourth-order valence-electron chi connectivity index (χ4n) is 1.42. The Kier molecular flexibility index (Phi) is 5.91. The smallest absolute Gasteiger partial charge is 0.120 e. The monoisotopic (exact) mass is 262 g/mol. The van der Waals surface area contributed by atoms with Crippen LogP contribution in [0.4, 0.5) is 0 Å². The minimum Gasteiger partial charge on any atom is -0.384 e. The van der Waals surface area contributed by atoms with E-state index in [0.717, 1.165) is 0 Å². The fraction of sp³-hybridized carbons (Fsp3) is 0.727. The first-order valence-electron chi connectivity index (χ1n) is 5.56. The van der Waals surface area contributed by atoms with Crippen LogP contribution in [-0.4, -0.2) is 41.3 Å². The zero-order chi connectivity index (χ0) is 12.8. The lowest BCUT2D eigenvalue weighted by Crippen LogP contribution is -2.18. The third-order valence-corrected chi connectivity index (χ3v) is 2.53. The van der Waals surface area contributed by atoms with Gasteiger partial charge in [-0.25, -0.2) is 0 Å². The van der Waals surface area contributed by atoms with Crippen molar-refractivity contribution in [2.45, 2.75) is 32.6 Å². The van der Waals surface area contributed by atoms with Crippen LogP contribution in [-0.2, 0) is 16.0 Å². The van der Waals surface area contributed by atoms with E-state index in [9.17, 15) is 5.11 Å². The second-order valence-corrected chi connectivity index (χ2v) is 4.40. The first-order chi connectivity index (χ1) is 8.06. The van der Waals surface area contributed by atoms with Gasteiger partial charge in [0, 0.05) is 7.11 Å². The van der Waals surface area contributed by atoms with E-state index in [1.54, 1.807) is 11.8 Å². The molecule has 0 saturated carbocycles. The van der Waals surface area contributed by atoms with Crippen molar-refractivity contribution in [2.75, 3.05) is 20.3 Å². The summed E-state index contributed by atoms with van der Waals surface area (Å²) in [6, 6.07) is 0. The lowest BCUT2D eigenvalue weighted by Gasteiger charge is -2.15. The van der Waals surface area contributed by atoms with Gasteiger partial charge in [0.15, 0.2) is 0 Å². The number of aromatic nitrogens is 2. The van der Waals surface area contributed by atoms with Crippen molar-refractivity contribution in [2.24, 2.45) is 0 Å². The molecule has 0 bridgehead atoms. The van der Waals surface area contributed by atoms with Crippen LogP contribution >= 0.6 is 11.6 Å². The minimum absolute atomic E-state index is 0.0683. The van der Waals surface area contributed by atoms with Crippen molar-refractivity contribution >= 4 is 11.6 Å². The maximum absolute atomic E-state index is 10.0. The molecule has 1 atom stereocenters. The Hall–Kier alpha value is -0.620. The Morgan fingerprint density at radius 1 is 1.53 bits per heavy atom. The number of methoxy groups -OCH3 is 1. The highest BCUT2D eigenvalue weighted by molar-refractivity contribution is 6.31. The molecule has 1 aromatic rings. The molecule has 0 aromatic carbocycles. The second-order valence-electron chi connectivity index (χ2n) is 3.99. The predicted molar refractivity (Wildman–Crippen MR) is 65.2 cm³/mol. The van der Waals surface area contributed by atoms with E-state index < -0.39 is 6.10 Å². The highest BCUT2D eigenvalue weighted by Crippen LogP contribution is 2.23. The standard InChI is InChI=1S/C11H19ClN2O3/c1-8(2)17-7-10(15)11-9(12)6-13-14(11)4-5-16-3/h6,8,10,15H,4-5,7H2,1-3H3. The quantitative estimate of drug-likeness (QED) is 0.812. The van der Waals surface area contributed by atoms with E-state index >= 15 is 0 Å². The van der Waals surface area contributed by atoms with Crippen LogP contribution in [0.15, 0.2) is 6.20 Å². The second kappa shape index (κ2) is 6.96. The van der Waals surface area contributed by atoms with Crippen LogP contribution in [0.2, 0.25) is 5.02 Å². The van der Waals surface area contributed by atoms with Gasteiger partial charge in [0.1, 0.15) is 6.10 Å². The van der Waals surface area contributed by atoms with Gasteiger partial charge in [-0.15, -0.1) is 0 Å². The van der Waals surface area contributed by atoms with Gasteiger partial charge in [0.05, 0.1) is 42.8 Å². The molecule has 1 N–H and O–H groups in total. The molecular formula is C11H19ClN2O3. The summed E-state index contributed by atoms with van der Waals surface area (Å²) < 4.78 is 12.0. The van der Waals surface area contributed by atoms with Crippen LogP contribution in [0, 0.1) is 0 Å². The van der Waals surface area contributed by atoms with E-state index in [0.29, 0.717) is 23.9 Å². The molecule has 0 aliphatic rings. The number of nitrogens with zero attached hydrogens (tertiary/aromatic N) is 2. The van der Waals surface area contributed by atoms with Gasteiger partial charge in [-0.2, -0.15) is 5.10 Å². The molecule has 1 unspecified atom stereocenters. The van der Waals surface area contributed by atoms with Gasteiger partial charge in [-0.05, 0) is 13.8 Å². The average Bonchev–Trinajstić information content (AvgIpc) is 2.64. The topological polar surface area (TPSA) is 56.5 Å². The maximum atomic E-state index is 10.0. The Labute approximate surface area is 106 Å². The molecule has 1 heterocycles. The van der Waals surface area contributed by atoms with Gasteiger partial charge in [0.2, 0.25) is 0 Å². The molecule has 98 valence electrons. The molecule has 0 aliphatic heterocycles. The van der Waals surface area contributed by atoms with E-state index in [1.807, 2.05) is 13.8 Å². The Morgan fingerprint density at radius 2 is 2.24 bits per heavy atom. The zero-order valence-corrected chi connectivity index (χ0v) is 11.1. The Balaban J connectivity index is 2.69. The van der Waals surface area contributed by atoms with E-state index in [1.165, 1.54) is 6.20 Å². The molecular weight excluding hydrogens is 244 g/mol. The van der Waals surface area contributed by atoms with E-state index in [2.05, 4.69) is 5.10 Å². The molecule has 0 saturated heterocycles. The zero-order valence-electron chi connectivity index (χ0n) is 10.4. The van der Waals surface area contributed by atoms with Crippen molar-refractivity contribution < 1.29 is 14.6 Å². The molecule has 5 nitrogen and oxygen atoms in total. The summed E-state index contributed by atoms with van der Waals surface area (Å²) in [7, 11) is 1.61. The number of hydrogen-bond acceptors (Lipinski definition) is 4. The van der Waals surface area contributed by atoms with E-state index in [4.69, 9.17) is 21.1 Å². The molecule has 1 aromatic heterocycles. The van der Waals surface area contributed by atoms with Gasteiger partial charge in [-0.1, -0.05) is 11.6 Å². The molecule has 0 amide bonds. The normalized spacial score (nSPS) is 13.3. The fourth-order valence-corrected chi connectivity index (χ4v) is 1.69. The lowest BCUT2D eigenvalue weighted by atomic mass is 10.2. The summed E-state index contributed by atoms with van der Waals surface area (Å²) in [6.07, 6.45) is 0.813. The number of aliphatic hydroxyl groups excluding tert-OH is 1. The van der Waals surface area contributed by atoms with Crippen LogP contribution in [0.25, 0.3) is 0 Å². The largest absolute Gasteiger partial charge is 0.384 e. The number of rotatable bonds is 7. The van der Waals surface area contributed by atoms with Crippen LogP contribution in [0.3, 0.4) is 0 Å². The van der Waals surface area contributed by atoms with Crippen molar-refractivity contribution in [1.82, 2.24) is 9.78 Å². The van der Waals surface area contributed by atoms with Crippen molar-refractivity contribution in [3.63, 3.8) is 0 Å². The summed E-state index contributed by atoms with van der Waals surface area (Å²) in [5, 5.41) is 14.5. The van der Waals surface area contributed by atoms with Gasteiger partial charge >= 0.3 is 0 Å². The highest BCUT2D eigenvalue weighted by Gasteiger charge is 2.18. The Morgan fingerprint density at radius 3 is 2.82 bits per heavy atom. The molecule has 0 fully saturated rings. The van der Waals surface area contributed by atoms with Crippen molar-refractivity contribution in [1.29, 1.82) is 0 Å². The van der Waals surface area contributed by atoms with Gasteiger partial charge in [-0.3, -0.25) is 4.68 Å². The summed E-state index contributed by atoms with van der Waals surface area (Å²) in [6.45, 7) is 5.10. The molecule has 0 radical (unpaired) electrons. The third kappa shape index (κ3) is 4.27. The molecule has 1 rings (SSSR count). The van der Waals surface area contributed by atoms with Crippen LogP contribution < -0.4 is 0 Å². The summed E-state index contributed by atoms with van der Waals surface area (Å²) in [5.74, 6) is 0. The maximum Gasteiger partial charge on any atom is 0.120 e. The average molecular weight is 263 g/mol. The van der Waals surface area contributed by atoms with Gasteiger partial charge in [0.25, 0.3) is 0 Å². The number of ether oxygens (including phenoxy) is 2. The lowest BCUT2D eigenvalue weighted by molar-refractivity contribution is 0.00107. The molecule has 0 spiro atoms. The van der Waals surface area contributed by atoms with Crippen LogP contribution in [0.1, 0.15) is 25.6 Å². The summed E-state index contributed by atoms with van der Waals surface area (Å²) in [5.41, 5.74) is 0.573. The number of hydrogen-bond donors (Lipinski definition) is 1. The summed E-state index contributed by atoms with van der Waals surface area (Å²) >= 11 is 5.99. The Bertz CT molecular complexity index is 341. The van der Waals surface area contributed by atoms with Crippen LogP contribution in [0.5, 0.6) is 0 Å². The van der Waals surface area contributed by atoms with Crippen molar-refractivity contribution in [3.05, 3.63) is 16.9 Å². The summed E-state index contributed by atoms with van der Waals surface area (Å²) in [4.78, 5) is 0. The molecule has 6 heteroatoms. The highest BCUT2D eigenvalue weighted by atomic mass is 35.5. The molecule has 0 aliphatic carbocycles. The SMILES string of the molecule is COCCn1ncc(Cl)c1C(O)COC(C)C. The number of halogens is 1. The first kappa shape index (κ1) is 14.4. The first-order valence-corrected chi connectivity index (χ1v) is 5.93. The number of aliphatic hydroxyl groups is 1. The predicted octanol–water partition coefficient (Wildman–Crippen LogP) is 1.64. The molecule has 17 heavy (non-hydrogen) atoms. The van der Waals surface area contributed by atoms with Crippen molar-refractivity contribution in [3.8, 4) is 0 Å². The van der Waals surface area contributed by atoms with E-state index in [-0.39, 0.29) is 12.7 Å². The third-order valence-electron chi connectivity index (χ3n) is 2.24. The minimum atomic E-state index is -0.774.